The summed E-state index contributed by atoms with van der Waals surface area (Å²) >= 11 is 0. The molecule has 0 radical (unpaired) electrons. The molecule has 0 fully saturated rings. The van der Waals surface area contributed by atoms with Crippen molar-refractivity contribution in [3.8, 4) is 11.8 Å². The summed E-state index contributed by atoms with van der Waals surface area (Å²) in [5.74, 6) is 6.24. The van der Waals surface area contributed by atoms with Gasteiger partial charge in [0.05, 0.1) is 0 Å². The van der Waals surface area contributed by atoms with Crippen LogP contribution in [0.2, 0.25) is 0 Å². The fourth-order valence-corrected chi connectivity index (χ4v) is 1.68. The van der Waals surface area contributed by atoms with Crippen LogP contribution < -0.4 is 11.1 Å². The monoisotopic (exact) mass is 295 g/mol. The number of ether oxygens (including phenoxy) is 1. The van der Waals surface area contributed by atoms with Crippen molar-refractivity contribution in [1.29, 1.82) is 0 Å². The van der Waals surface area contributed by atoms with E-state index in [1.165, 1.54) is 0 Å². The normalized spacial score (nSPS) is 9.45. The number of nitrogens with two attached hydrogens (primary N) is 1. The number of nitrogens with one attached hydrogen (secondary N) is 1. The Bertz CT molecular complexity index is 675. The summed E-state index contributed by atoms with van der Waals surface area (Å²) in [6.45, 7) is 0.675. The molecule has 0 spiro atoms. The number of carbonyl (C=O) groups excluding carboxylic acids is 1. The second-order valence-corrected chi connectivity index (χ2v) is 4.49. The van der Waals surface area contributed by atoms with Crippen LogP contribution in [0, 0.1) is 11.8 Å². The summed E-state index contributed by atoms with van der Waals surface area (Å²) in [6, 6.07) is 14.8. The number of aromatic nitrogens is 1. The highest BCUT2D eigenvalue weighted by Gasteiger charge is 2.00. The third-order valence-corrected chi connectivity index (χ3v) is 2.72. The molecule has 1 heterocycles. The Morgan fingerprint density at radius 3 is 2.77 bits per heavy atom. The van der Waals surface area contributed by atoms with Gasteiger partial charge in [-0.15, -0.1) is 0 Å². The van der Waals surface area contributed by atoms with E-state index in [0.29, 0.717) is 24.5 Å². The fourth-order valence-electron chi connectivity index (χ4n) is 1.68. The lowest BCUT2D eigenvalue weighted by molar-refractivity contribution is 0.140. The average molecular weight is 295 g/mol. The lowest BCUT2D eigenvalue weighted by Gasteiger charge is -2.05. The number of hydrogen-bond acceptors (Lipinski definition) is 4. The Morgan fingerprint density at radius 1 is 1.18 bits per heavy atom. The van der Waals surface area contributed by atoms with E-state index in [9.17, 15) is 4.79 Å². The van der Waals surface area contributed by atoms with Crippen molar-refractivity contribution >= 4 is 11.9 Å². The Morgan fingerprint density at radius 2 is 2.00 bits per heavy atom. The molecule has 5 nitrogen and oxygen atoms in total. The standard InChI is InChI=1S/C17H17N3O2/c18-16-11-6-10-15(20-16)9-4-5-12-19-17(21)22-13-14-7-2-1-3-8-14/h1-3,6-8,10-11H,5,12-13H2,(H2,18,20)(H,19,21). The lowest BCUT2D eigenvalue weighted by atomic mass is 10.2. The number of nitrogen functional groups attached to an aromatic ring is 1. The third-order valence-electron chi connectivity index (χ3n) is 2.72. The van der Waals surface area contributed by atoms with Gasteiger partial charge in [0.1, 0.15) is 18.1 Å². The zero-order chi connectivity index (χ0) is 15.6. The molecule has 112 valence electrons. The van der Waals surface area contributed by atoms with Crippen LogP contribution in [0.15, 0.2) is 48.5 Å². The number of carbonyl (C=O) groups is 1. The van der Waals surface area contributed by atoms with Crippen molar-refractivity contribution in [2.75, 3.05) is 12.3 Å². The van der Waals surface area contributed by atoms with Crippen molar-refractivity contribution in [3.05, 3.63) is 59.8 Å². The molecule has 1 amide bonds. The molecule has 5 heteroatoms. The van der Waals surface area contributed by atoms with Gasteiger partial charge >= 0.3 is 6.09 Å². The Kier molecular flexibility index (Phi) is 5.82. The van der Waals surface area contributed by atoms with E-state index in [1.807, 2.05) is 30.3 Å². The van der Waals surface area contributed by atoms with Crippen LogP contribution in [0.25, 0.3) is 0 Å². The van der Waals surface area contributed by atoms with Crippen LogP contribution in [0.3, 0.4) is 0 Å². The summed E-state index contributed by atoms with van der Waals surface area (Å²) in [5.41, 5.74) is 7.12. The average Bonchev–Trinajstić information content (AvgIpc) is 2.54. The quantitative estimate of drug-likeness (QED) is 0.670. The van der Waals surface area contributed by atoms with E-state index in [4.69, 9.17) is 10.5 Å². The molecular formula is C17H17N3O2. The summed E-state index contributed by atoms with van der Waals surface area (Å²) < 4.78 is 5.08. The van der Waals surface area contributed by atoms with Gasteiger partial charge in [-0.25, -0.2) is 9.78 Å². The van der Waals surface area contributed by atoms with Crippen LogP contribution in [-0.2, 0) is 11.3 Å². The van der Waals surface area contributed by atoms with Gasteiger partial charge in [-0.1, -0.05) is 42.3 Å². The van der Waals surface area contributed by atoms with Gasteiger partial charge in [0.15, 0.2) is 0 Å². The SMILES string of the molecule is Nc1cccc(C#CCCNC(=O)OCc2ccccc2)n1. The molecule has 0 aliphatic carbocycles. The predicted molar refractivity (Wildman–Crippen MR) is 84.8 cm³/mol. The smallest absolute Gasteiger partial charge is 0.407 e. The van der Waals surface area contributed by atoms with Crippen LogP contribution in [0.1, 0.15) is 17.7 Å². The largest absolute Gasteiger partial charge is 0.445 e. The molecule has 3 N–H and O–H groups in total. The van der Waals surface area contributed by atoms with Gasteiger partial charge < -0.3 is 15.8 Å². The zero-order valence-electron chi connectivity index (χ0n) is 12.1. The molecule has 0 bridgehead atoms. The minimum atomic E-state index is -0.451. The summed E-state index contributed by atoms with van der Waals surface area (Å²) in [4.78, 5) is 15.5. The van der Waals surface area contributed by atoms with Crippen molar-refractivity contribution < 1.29 is 9.53 Å². The van der Waals surface area contributed by atoms with Crippen molar-refractivity contribution in [3.63, 3.8) is 0 Å². The maximum absolute atomic E-state index is 11.5. The molecule has 0 aliphatic rings. The first-order valence-electron chi connectivity index (χ1n) is 6.90. The second kappa shape index (κ2) is 8.32. The number of hydrogen-bond donors (Lipinski definition) is 2. The molecule has 2 aromatic rings. The lowest BCUT2D eigenvalue weighted by Crippen LogP contribution is -2.24. The van der Waals surface area contributed by atoms with E-state index in [2.05, 4.69) is 22.1 Å². The Balaban J connectivity index is 1.65. The van der Waals surface area contributed by atoms with Gasteiger partial charge in [-0.2, -0.15) is 0 Å². The molecule has 1 aromatic carbocycles. The minimum absolute atomic E-state index is 0.256. The maximum atomic E-state index is 11.5. The molecule has 0 saturated carbocycles. The molecule has 0 atom stereocenters. The number of pyridine rings is 1. The van der Waals surface area contributed by atoms with Crippen molar-refractivity contribution in [2.45, 2.75) is 13.0 Å². The number of rotatable bonds is 4. The third kappa shape index (κ3) is 5.55. The van der Waals surface area contributed by atoms with Crippen LogP contribution in [0.4, 0.5) is 10.6 Å². The summed E-state index contributed by atoms with van der Waals surface area (Å²) in [5, 5.41) is 2.64. The molecule has 22 heavy (non-hydrogen) atoms. The molecule has 0 saturated heterocycles. The molecule has 0 aliphatic heterocycles. The Hall–Kier alpha value is -3.00. The number of nitrogens with zero attached hydrogens (tertiary/aromatic N) is 1. The topological polar surface area (TPSA) is 77.2 Å². The zero-order valence-corrected chi connectivity index (χ0v) is 12.1. The van der Waals surface area contributed by atoms with E-state index >= 15 is 0 Å². The highest BCUT2D eigenvalue weighted by molar-refractivity contribution is 5.67. The van der Waals surface area contributed by atoms with E-state index in [1.54, 1.807) is 18.2 Å². The molecule has 0 unspecified atom stereocenters. The predicted octanol–water partition coefficient (Wildman–Crippen LogP) is 2.33. The van der Waals surface area contributed by atoms with Crippen LogP contribution >= 0.6 is 0 Å². The molecule has 2 rings (SSSR count). The van der Waals surface area contributed by atoms with E-state index < -0.39 is 6.09 Å². The first-order valence-corrected chi connectivity index (χ1v) is 6.90. The van der Waals surface area contributed by atoms with Crippen molar-refractivity contribution in [2.24, 2.45) is 0 Å². The first-order chi connectivity index (χ1) is 10.7. The minimum Gasteiger partial charge on any atom is -0.445 e. The second-order valence-electron chi connectivity index (χ2n) is 4.49. The van der Waals surface area contributed by atoms with Gasteiger partial charge in [0, 0.05) is 13.0 Å². The molecule has 1 aromatic heterocycles. The van der Waals surface area contributed by atoms with Gasteiger partial charge in [-0.3, -0.25) is 0 Å². The number of anilines is 1. The van der Waals surface area contributed by atoms with Gasteiger partial charge in [-0.05, 0) is 23.6 Å². The molecular weight excluding hydrogens is 278 g/mol. The number of amides is 1. The Labute approximate surface area is 129 Å². The van der Waals surface area contributed by atoms with E-state index in [-0.39, 0.29) is 6.61 Å². The van der Waals surface area contributed by atoms with Gasteiger partial charge in [0.25, 0.3) is 0 Å². The first kappa shape index (κ1) is 15.4. The highest BCUT2D eigenvalue weighted by atomic mass is 16.5. The maximum Gasteiger partial charge on any atom is 0.407 e. The number of alkyl carbamates (subject to hydrolysis) is 1. The summed E-state index contributed by atoms with van der Waals surface area (Å²) in [7, 11) is 0. The van der Waals surface area contributed by atoms with Crippen LogP contribution in [-0.4, -0.2) is 17.6 Å². The highest BCUT2D eigenvalue weighted by Crippen LogP contribution is 2.00. The number of benzene rings is 1. The van der Waals surface area contributed by atoms with Gasteiger partial charge in [0.2, 0.25) is 0 Å². The fraction of sp³-hybridized carbons (Fsp3) is 0.176. The summed E-state index contributed by atoms with van der Waals surface area (Å²) in [6.07, 6.45) is 0.0597. The van der Waals surface area contributed by atoms with Crippen molar-refractivity contribution in [1.82, 2.24) is 10.3 Å². The van der Waals surface area contributed by atoms with E-state index in [0.717, 1.165) is 5.56 Å². The van der Waals surface area contributed by atoms with Crippen LogP contribution in [0.5, 0.6) is 0 Å².